The summed E-state index contributed by atoms with van der Waals surface area (Å²) in [4.78, 5) is 23.3. The summed E-state index contributed by atoms with van der Waals surface area (Å²) in [7, 11) is -6.95. The summed E-state index contributed by atoms with van der Waals surface area (Å²) >= 11 is 0. The van der Waals surface area contributed by atoms with Gasteiger partial charge in [-0.05, 0) is 6.92 Å². The third-order valence-electron chi connectivity index (χ3n) is 3.68. The van der Waals surface area contributed by atoms with Crippen molar-refractivity contribution >= 4 is 22.1 Å². The Labute approximate surface area is 190 Å². The lowest BCUT2D eigenvalue weighted by Crippen LogP contribution is -2.60. The van der Waals surface area contributed by atoms with Gasteiger partial charge in [-0.25, -0.2) is 9.59 Å². The second kappa shape index (κ2) is 10.2. The van der Waals surface area contributed by atoms with Crippen molar-refractivity contribution in [3.05, 3.63) is 12.2 Å². The summed E-state index contributed by atoms with van der Waals surface area (Å²) in [6, 6.07) is 0. The van der Waals surface area contributed by atoms with Crippen LogP contribution in [0.15, 0.2) is 12.2 Å². The van der Waals surface area contributed by atoms with E-state index in [1.165, 1.54) is 0 Å². The first-order valence-electron chi connectivity index (χ1n) is 8.25. The van der Waals surface area contributed by atoms with Crippen LogP contribution in [-0.2, 0) is 33.9 Å². The molecule has 0 radical (unpaired) electrons. The van der Waals surface area contributed by atoms with E-state index in [9.17, 15) is 75.1 Å². The lowest BCUT2D eigenvalue weighted by Gasteiger charge is -2.34. The summed E-state index contributed by atoms with van der Waals surface area (Å²) in [6.07, 6.45) is -24.7. The quantitative estimate of drug-likeness (QED) is 0.135. The third kappa shape index (κ3) is 7.33. The average molecular weight is 586 g/mol. The summed E-state index contributed by atoms with van der Waals surface area (Å²) < 4.78 is 208. The van der Waals surface area contributed by atoms with E-state index in [0.29, 0.717) is 0 Å². The van der Waals surface area contributed by atoms with Gasteiger partial charge in [-0.2, -0.15) is 65.5 Å². The van der Waals surface area contributed by atoms with Gasteiger partial charge in [0.25, 0.3) is 0 Å². The fourth-order valence-electron chi connectivity index (χ4n) is 1.66. The largest absolute Gasteiger partial charge is 0.468 e. The first-order valence-corrected chi connectivity index (χ1v) is 9.69. The number of carbonyl (C=O) groups is 2. The second-order valence-corrected chi connectivity index (χ2v) is 7.83. The van der Waals surface area contributed by atoms with Crippen molar-refractivity contribution in [1.82, 2.24) is 0 Å². The first-order chi connectivity index (χ1) is 15.5. The van der Waals surface area contributed by atoms with E-state index in [2.05, 4.69) is 14.2 Å². The van der Waals surface area contributed by atoms with Gasteiger partial charge in [0.1, 0.15) is 5.57 Å². The van der Waals surface area contributed by atoms with Crippen LogP contribution in [0.3, 0.4) is 0 Å². The minimum absolute atomic E-state index is 0.143. The molecule has 0 rings (SSSR count). The van der Waals surface area contributed by atoms with Crippen LogP contribution in [0.2, 0.25) is 0 Å². The van der Waals surface area contributed by atoms with Crippen LogP contribution in [-0.4, -0.2) is 73.1 Å². The second-order valence-electron chi connectivity index (χ2n) is 6.36. The monoisotopic (exact) mass is 586 g/mol. The van der Waals surface area contributed by atoms with E-state index >= 15 is 0 Å². The molecule has 1 N–H and O–H groups in total. The molecule has 212 valence electrons. The minimum Gasteiger partial charge on any atom is -0.448 e. The minimum atomic E-state index is -6.95. The molecule has 0 aliphatic carbocycles. The Morgan fingerprint density at radius 2 is 1.36 bits per heavy atom. The van der Waals surface area contributed by atoms with Crippen LogP contribution in [0.4, 0.5) is 57.1 Å². The molecule has 8 nitrogen and oxygen atoms in total. The number of alkyl halides is 13. The van der Waals surface area contributed by atoms with Crippen molar-refractivity contribution in [1.29, 1.82) is 0 Å². The Morgan fingerprint density at radius 3 is 1.69 bits per heavy atom. The average Bonchev–Trinajstić information content (AvgIpc) is 2.62. The number of carbonyl (C=O) groups excluding carboxylic acids is 2. The number of halogens is 13. The molecule has 2 unspecified atom stereocenters. The van der Waals surface area contributed by atoms with Crippen molar-refractivity contribution in [3.8, 4) is 0 Å². The third-order valence-corrected chi connectivity index (χ3v) is 4.63. The van der Waals surface area contributed by atoms with Gasteiger partial charge in [0, 0.05) is 6.42 Å². The predicted octanol–water partition coefficient (Wildman–Crippen LogP) is 3.92. The Bertz CT molecular complexity index is 951. The molecule has 0 fully saturated rings. The Morgan fingerprint density at radius 1 is 0.917 bits per heavy atom. The van der Waals surface area contributed by atoms with Gasteiger partial charge in [0.2, 0.25) is 0 Å². The summed E-state index contributed by atoms with van der Waals surface area (Å²) in [5.74, 6) is -18.5. The van der Waals surface area contributed by atoms with E-state index in [4.69, 9.17) is 4.55 Å². The Balaban J connectivity index is 6.48. The molecule has 0 saturated carbocycles. The van der Waals surface area contributed by atoms with Gasteiger partial charge in [-0.3, -0.25) is 4.55 Å². The molecule has 36 heavy (non-hydrogen) atoms. The lowest BCUT2D eigenvalue weighted by molar-refractivity contribution is -0.361. The van der Waals surface area contributed by atoms with Crippen molar-refractivity contribution in [2.75, 3.05) is 6.61 Å². The van der Waals surface area contributed by atoms with Gasteiger partial charge >= 0.3 is 57.5 Å². The maximum absolute atomic E-state index is 13.6. The molecule has 0 aromatic heterocycles. The molecule has 0 heterocycles. The maximum Gasteiger partial charge on any atom is 0.468 e. The molecule has 22 heteroatoms. The summed E-state index contributed by atoms with van der Waals surface area (Å²) in [5, 5.41) is -6.42. The van der Waals surface area contributed by atoms with Gasteiger partial charge in [-0.15, -0.1) is 0 Å². The van der Waals surface area contributed by atoms with E-state index < -0.39 is 82.3 Å². The molecular formula is C14H11F13O8S. The maximum atomic E-state index is 13.6. The van der Waals surface area contributed by atoms with Crippen molar-refractivity contribution < 1.29 is 93.8 Å². The number of ether oxygens (including phenoxy) is 3. The zero-order valence-electron chi connectivity index (χ0n) is 16.8. The van der Waals surface area contributed by atoms with Gasteiger partial charge in [0.15, 0.2) is 6.10 Å². The van der Waals surface area contributed by atoms with Crippen LogP contribution in [0.25, 0.3) is 0 Å². The molecule has 0 spiro atoms. The Kier molecular flexibility index (Phi) is 9.52. The van der Waals surface area contributed by atoms with Gasteiger partial charge in [0.05, 0.1) is 6.61 Å². The first kappa shape index (κ1) is 33.6. The van der Waals surface area contributed by atoms with E-state index in [0.717, 1.165) is 0 Å². The zero-order valence-corrected chi connectivity index (χ0v) is 17.6. The molecule has 0 saturated heterocycles. The molecule has 0 aromatic rings. The van der Waals surface area contributed by atoms with Crippen molar-refractivity contribution in [2.24, 2.45) is 0 Å². The number of rotatable bonds is 10. The molecule has 2 atom stereocenters. The van der Waals surface area contributed by atoms with Crippen LogP contribution in [0, 0.1) is 0 Å². The Hall–Kier alpha value is -2.36. The van der Waals surface area contributed by atoms with Crippen LogP contribution in [0.5, 0.6) is 0 Å². The van der Waals surface area contributed by atoms with Crippen LogP contribution in [0.1, 0.15) is 13.3 Å². The highest BCUT2D eigenvalue weighted by molar-refractivity contribution is 7.87. The molecule has 0 aliphatic heterocycles. The molecule has 0 amide bonds. The highest BCUT2D eigenvalue weighted by Crippen LogP contribution is 2.43. The van der Waals surface area contributed by atoms with Crippen LogP contribution >= 0.6 is 0 Å². The van der Waals surface area contributed by atoms with E-state index in [-0.39, 0.29) is 6.92 Å². The number of hydrogen-bond acceptors (Lipinski definition) is 7. The normalized spacial score (nSPS) is 16.6. The molecule has 0 aromatic carbocycles. The SMILES string of the molecule is C=C(C(=O)OC(OCCC(F)(F)C(F)(F)S(=O)(=O)O)(C(=O)OC(C)C(F)(F)F)C(F)(F)F)C(F)(F)F. The topological polar surface area (TPSA) is 116 Å². The number of esters is 2. The van der Waals surface area contributed by atoms with E-state index in [1.807, 2.05) is 6.58 Å². The fraction of sp³-hybridized carbons (Fsp3) is 0.714. The summed E-state index contributed by atoms with van der Waals surface area (Å²) in [6.45, 7) is -0.848. The smallest absolute Gasteiger partial charge is 0.448 e. The zero-order chi connectivity index (χ0) is 29.3. The van der Waals surface area contributed by atoms with Crippen LogP contribution < -0.4 is 0 Å². The highest BCUT2D eigenvalue weighted by atomic mass is 32.2. The standard InChI is InChI=1S/C14H11F13O8S/c1-5(11(17,18)19)7(28)35-10(13(23,24)25,8(29)34-6(2)12(20,21)22)33-4-3-9(15,16)14(26,27)36(30,31)32/h6H,1,3-4H2,2H3,(H,30,31,32). The van der Waals surface area contributed by atoms with Crippen molar-refractivity contribution in [2.45, 2.75) is 54.9 Å². The van der Waals surface area contributed by atoms with E-state index in [1.54, 1.807) is 0 Å². The molecule has 0 bridgehead atoms. The molecular weight excluding hydrogens is 575 g/mol. The highest BCUT2D eigenvalue weighted by Gasteiger charge is 2.70. The number of hydrogen-bond donors (Lipinski definition) is 1. The molecule has 0 aliphatic rings. The predicted molar refractivity (Wildman–Crippen MR) is 83.7 cm³/mol. The fourth-order valence-corrected chi connectivity index (χ4v) is 2.13. The van der Waals surface area contributed by atoms with Gasteiger partial charge in [-0.1, -0.05) is 6.58 Å². The van der Waals surface area contributed by atoms with Crippen molar-refractivity contribution in [3.63, 3.8) is 0 Å². The van der Waals surface area contributed by atoms with Gasteiger partial charge < -0.3 is 14.2 Å². The lowest BCUT2D eigenvalue weighted by atomic mass is 10.2. The summed E-state index contributed by atoms with van der Waals surface area (Å²) in [5.41, 5.74) is -2.83.